The lowest BCUT2D eigenvalue weighted by Gasteiger charge is -2.21. The van der Waals surface area contributed by atoms with Crippen molar-refractivity contribution in [3.05, 3.63) is 0 Å². The van der Waals surface area contributed by atoms with Gasteiger partial charge in [-0.1, -0.05) is 13.3 Å². The fraction of sp³-hybridized carbons (Fsp3) is 0.917. The molecular weight excluding hydrogens is 236 g/mol. The van der Waals surface area contributed by atoms with Crippen LogP contribution in [0.5, 0.6) is 0 Å². The van der Waals surface area contributed by atoms with Crippen molar-refractivity contribution >= 4 is 16.7 Å². The predicted molar refractivity (Wildman–Crippen MR) is 73.5 cm³/mol. The highest BCUT2D eigenvalue weighted by Gasteiger charge is 2.17. The lowest BCUT2D eigenvalue weighted by atomic mass is 10.2. The van der Waals surface area contributed by atoms with Gasteiger partial charge in [0.15, 0.2) is 0 Å². The molecule has 0 spiro atoms. The summed E-state index contributed by atoms with van der Waals surface area (Å²) >= 11 is 0. The molecule has 5 heteroatoms. The first-order valence-electron chi connectivity index (χ1n) is 6.23. The minimum atomic E-state index is -0.833. The van der Waals surface area contributed by atoms with E-state index < -0.39 is 10.8 Å². The van der Waals surface area contributed by atoms with Gasteiger partial charge >= 0.3 is 0 Å². The van der Waals surface area contributed by atoms with Crippen LogP contribution in [0.15, 0.2) is 0 Å². The Hall–Kier alpha value is -0.420. The number of carbonyl (C=O) groups is 1. The summed E-state index contributed by atoms with van der Waals surface area (Å²) in [5.41, 5.74) is 0. The van der Waals surface area contributed by atoms with Gasteiger partial charge < -0.3 is 10.6 Å². The van der Waals surface area contributed by atoms with Crippen LogP contribution in [0.2, 0.25) is 0 Å². The van der Waals surface area contributed by atoms with E-state index in [-0.39, 0.29) is 24.0 Å². The van der Waals surface area contributed by atoms with Gasteiger partial charge in [0.2, 0.25) is 5.91 Å². The van der Waals surface area contributed by atoms with Crippen molar-refractivity contribution < 1.29 is 9.00 Å². The van der Waals surface area contributed by atoms with Crippen LogP contribution in [-0.4, -0.2) is 40.3 Å². The minimum Gasteiger partial charge on any atom is -0.352 e. The lowest BCUT2D eigenvalue weighted by Crippen LogP contribution is -2.49. The predicted octanol–water partition coefficient (Wildman–Crippen LogP) is 1.04. The van der Waals surface area contributed by atoms with Gasteiger partial charge in [-0.05, 0) is 27.2 Å². The van der Waals surface area contributed by atoms with E-state index in [1.54, 1.807) is 6.26 Å². The summed E-state index contributed by atoms with van der Waals surface area (Å²) in [5.74, 6) is 0.585. The highest BCUT2D eigenvalue weighted by molar-refractivity contribution is 7.84. The number of hydrogen-bond donors (Lipinski definition) is 2. The Morgan fingerprint density at radius 1 is 1.24 bits per heavy atom. The number of amides is 1. The maximum atomic E-state index is 11.8. The van der Waals surface area contributed by atoms with E-state index in [1.807, 2.05) is 20.8 Å². The number of carbonyl (C=O) groups excluding carboxylic acids is 1. The van der Waals surface area contributed by atoms with Gasteiger partial charge in [0.25, 0.3) is 0 Å². The fourth-order valence-corrected chi connectivity index (χ4v) is 2.58. The largest absolute Gasteiger partial charge is 0.352 e. The van der Waals surface area contributed by atoms with Crippen LogP contribution in [0.3, 0.4) is 0 Å². The van der Waals surface area contributed by atoms with E-state index in [2.05, 4.69) is 17.6 Å². The van der Waals surface area contributed by atoms with E-state index in [0.29, 0.717) is 5.75 Å². The summed E-state index contributed by atoms with van der Waals surface area (Å²) in [7, 11) is -0.833. The van der Waals surface area contributed by atoms with E-state index in [0.717, 1.165) is 12.8 Å². The molecule has 4 unspecified atom stereocenters. The van der Waals surface area contributed by atoms with E-state index in [4.69, 9.17) is 0 Å². The molecule has 0 fully saturated rings. The molecule has 102 valence electrons. The second-order valence-electron chi connectivity index (χ2n) is 4.73. The molecule has 0 heterocycles. The van der Waals surface area contributed by atoms with Gasteiger partial charge in [0.1, 0.15) is 0 Å². The molecule has 0 aliphatic carbocycles. The standard InChI is InChI=1S/C12H26N2O2S/c1-6-7-9(2)14-12(15)11(4)13-10(3)8-17(5)16/h9-11,13H,6-8H2,1-5H3,(H,14,15). The number of hydrogen-bond acceptors (Lipinski definition) is 3. The third kappa shape index (κ3) is 8.32. The molecule has 17 heavy (non-hydrogen) atoms. The topological polar surface area (TPSA) is 58.2 Å². The summed E-state index contributed by atoms with van der Waals surface area (Å²) in [6.07, 6.45) is 3.73. The van der Waals surface area contributed by atoms with Gasteiger partial charge in [-0.15, -0.1) is 0 Å². The van der Waals surface area contributed by atoms with Gasteiger partial charge in [-0.2, -0.15) is 0 Å². The Kier molecular flexibility index (Phi) is 8.43. The molecule has 2 N–H and O–H groups in total. The quantitative estimate of drug-likeness (QED) is 0.687. The minimum absolute atomic E-state index is 0.0136. The highest BCUT2D eigenvalue weighted by Crippen LogP contribution is 1.96. The zero-order valence-corrected chi connectivity index (χ0v) is 12.4. The van der Waals surface area contributed by atoms with Crippen molar-refractivity contribution in [2.45, 2.75) is 58.7 Å². The third-order valence-electron chi connectivity index (χ3n) is 2.52. The molecule has 0 saturated carbocycles. The molecule has 0 aromatic carbocycles. The molecule has 4 nitrogen and oxygen atoms in total. The second-order valence-corrected chi connectivity index (χ2v) is 6.21. The number of rotatable bonds is 8. The molecule has 1 amide bonds. The fourth-order valence-electron chi connectivity index (χ4n) is 1.78. The highest BCUT2D eigenvalue weighted by atomic mass is 32.2. The van der Waals surface area contributed by atoms with Crippen LogP contribution < -0.4 is 10.6 Å². The van der Waals surface area contributed by atoms with Crippen LogP contribution in [0.4, 0.5) is 0 Å². The van der Waals surface area contributed by atoms with E-state index in [9.17, 15) is 9.00 Å². The van der Waals surface area contributed by atoms with Gasteiger partial charge in [-0.25, -0.2) is 0 Å². The molecule has 0 bridgehead atoms. The molecule has 0 rings (SSSR count). The van der Waals surface area contributed by atoms with Crippen molar-refractivity contribution in [3.63, 3.8) is 0 Å². The maximum Gasteiger partial charge on any atom is 0.237 e. The first-order chi connectivity index (χ1) is 7.86. The molecule has 4 atom stereocenters. The van der Waals surface area contributed by atoms with Crippen LogP contribution in [-0.2, 0) is 15.6 Å². The third-order valence-corrected chi connectivity index (χ3v) is 3.49. The Balaban J connectivity index is 4.00. The summed E-state index contributed by atoms with van der Waals surface area (Å²) in [5, 5.41) is 6.12. The Morgan fingerprint density at radius 2 is 1.82 bits per heavy atom. The number of nitrogens with one attached hydrogen (secondary N) is 2. The molecule has 0 saturated heterocycles. The zero-order valence-electron chi connectivity index (χ0n) is 11.6. The summed E-state index contributed by atoms with van der Waals surface area (Å²) in [6.45, 7) is 7.89. The monoisotopic (exact) mass is 262 g/mol. The zero-order chi connectivity index (χ0) is 13.4. The van der Waals surface area contributed by atoms with Crippen LogP contribution >= 0.6 is 0 Å². The molecule has 0 radical (unpaired) electrons. The van der Waals surface area contributed by atoms with Gasteiger partial charge in [0.05, 0.1) is 6.04 Å². The normalized spacial score (nSPS) is 18.2. The van der Waals surface area contributed by atoms with Crippen LogP contribution in [0.1, 0.15) is 40.5 Å². The van der Waals surface area contributed by atoms with E-state index >= 15 is 0 Å². The first kappa shape index (κ1) is 16.6. The Bertz CT molecular complexity index is 259. The maximum absolute atomic E-state index is 11.8. The van der Waals surface area contributed by atoms with Crippen molar-refractivity contribution in [2.24, 2.45) is 0 Å². The summed E-state index contributed by atoms with van der Waals surface area (Å²) < 4.78 is 11.0. The van der Waals surface area contributed by atoms with Crippen LogP contribution in [0, 0.1) is 0 Å². The second kappa shape index (κ2) is 8.64. The van der Waals surface area contributed by atoms with Gasteiger partial charge in [-0.3, -0.25) is 9.00 Å². The van der Waals surface area contributed by atoms with E-state index in [1.165, 1.54) is 0 Å². The van der Waals surface area contributed by atoms with Crippen LogP contribution in [0.25, 0.3) is 0 Å². The van der Waals surface area contributed by atoms with Crippen molar-refractivity contribution in [1.29, 1.82) is 0 Å². The Labute approximate surface area is 107 Å². The lowest BCUT2D eigenvalue weighted by molar-refractivity contribution is -0.123. The van der Waals surface area contributed by atoms with Crippen molar-refractivity contribution in [1.82, 2.24) is 10.6 Å². The molecule has 0 aliphatic rings. The smallest absolute Gasteiger partial charge is 0.237 e. The molecule has 0 aromatic heterocycles. The molecular formula is C12H26N2O2S. The first-order valence-corrected chi connectivity index (χ1v) is 7.96. The summed E-state index contributed by atoms with van der Waals surface area (Å²) in [4.78, 5) is 11.8. The Morgan fingerprint density at radius 3 is 2.29 bits per heavy atom. The average molecular weight is 262 g/mol. The van der Waals surface area contributed by atoms with Crippen molar-refractivity contribution in [2.75, 3.05) is 12.0 Å². The molecule has 0 aromatic rings. The summed E-state index contributed by atoms with van der Waals surface area (Å²) in [6, 6.07) is 0.0586. The molecule has 0 aliphatic heterocycles. The average Bonchev–Trinajstić information content (AvgIpc) is 2.15. The van der Waals surface area contributed by atoms with Crippen molar-refractivity contribution in [3.8, 4) is 0 Å². The van der Waals surface area contributed by atoms with Gasteiger partial charge in [0, 0.05) is 34.9 Å². The SMILES string of the molecule is CCCC(C)NC(=O)C(C)NC(C)CS(C)=O.